The van der Waals surface area contributed by atoms with Crippen LogP contribution >= 0.6 is 0 Å². The van der Waals surface area contributed by atoms with Gasteiger partial charge in [0.25, 0.3) is 0 Å². The first kappa shape index (κ1) is 8.21. The van der Waals surface area contributed by atoms with Crippen molar-refractivity contribution in [2.75, 3.05) is 0 Å². The van der Waals surface area contributed by atoms with Crippen molar-refractivity contribution in [2.24, 2.45) is 5.73 Å². The number of hydrogen-bond acceptors (Lipinski definition) is 2. The Balaban J connectivity index is 2.51. The zero-order chi connectivity index (χ0) is 8.10. The average Bonchev–Trinajstić information content (AvgIpc) is 2.06. The highest BCUT2D eigenvalue weighted by Gasteiger charge is 1.99. The fraction of sp³-hybridized carbons (Fsp3) is 0.444. The highest BCUT2D eigenvalue weighted by Crippen LogP contribution is 2.01. The zero-order valence-electron chi connectivity index (χ0n) is 6.83. The third kappa shape index (κ3) is 2.68. The topological polar surface area (TPSA) is 38.9 Å². The molecule has 0 saturated heterocycles. The van der Waals surface area contributed by atoms with E-state index in [-0.39, 0.29) is 6.04 Å². The van der Waals surface area contributed by atoms with Crippen LogP contribution in [0.15, 0.2) is 24.5 Å². The number of hydrogen-bond donors (Lipinski definition) is 1. The minimum Gasteiger partial charge on any atom is -0.327 e. The Morgan fingerprint density at radius 2 is 2.45 bits per heavy atom. The number of pyridine rings is 1. The molecule has 1 rings (SSSR count). The van der Waals surface area contributed by atoms with Crippen molar-refractivity contribution in [3.63, 3.8) is 0 Å². The van der Waals surface area contributed by atoms with E-state index in [2.05, 4.69) is 18.0 Å². The minimum atomic E-state index is 0.277. The summed E-state index contributed by atoms with van der Waals surface area (Å²) in [6.07, 6.45) is 5.61. The average molecular weight is 150 g/mol. The molecule has 1 atom stereocenters. The van der Waals surface area contributed by atoms with Crippen molar-refractivity contribution in [1.29, 1.82) is 0 Å². The molecule has 0 amide bonds. The lowest BCUT2D eigenvalue weighted by Crippen LogP contribution is -2.21. The van der Waals surface area contributed by atoms with Gasteiger partial charge in [0.1, 0.15) is 0 Å². The number of nitrogens with zero attached hydrogens (tertiary/aromatic N) is 1. The molecule has 0 aliphatic carbocycles. The first-order valence-electron chi connectivity index (χ1n) is 3.97. The molecule has 0 radical (unpaired) electrons. The Morgan fingerprint density at radius 1 is 1.64 bits per heavy atom. The maximum Gasteiger partial charge on any atom is 0.0300 e. The van der Waals surface area contributed by atoms with Gasteiger partial charge in [0.2, 0.25) is 0 Å². The van der Waals surface area contributed by atoms with Gasteiger partial charge < -0.3 is 5.73 Å². The van der Waals surface area contributed by atoms with Crippen molar-refractivity contribution < 1.29 is 0 Å². The van der Waals surface area contributed by atoms with E-state index in [0.717, 1.165) is 12.8 Å². The van der Waals surface area contributed by atoms with Gasteiger partial charge in [-0.1, -0.05) is 13.0 Å². The monoisotopic (exact) mass is 150 g/mol. The predicted octanol–water partition coefficient (Wildman–Crippen LogP) is 1.36. The summed E-state index contributed by atoms with van der Waals surface area (Å²) in [7, 11) is 0. The number of nitrogens with two attached hydrogens (primary N) is 1. The van der Waals surface area contributed by atoms with Gasteiger partial charge in [-0.3, -0.25) is 4.98 Å². The highest BCUT2D eigenvalue weighted by atomic mass is 14.6. The van der Waals surface area contributed by atoms with E-state index in [1.807, 2.05) is 12.3 Å². The summed E-state index contributed by atoms with van der Waals surface area (Å²) in [6.45, 7) is 2.10. The van der Waals surface area contributed by atoms with E-state index >= 15 is 0 Å². The molecule has 1 heterocycles. The molecule has 11 heavy (non-hydrogen) atoms. The molecular weight excluding hydrogens is 136 g/mol. The third-order valence-electron chi connectivity index (χ3n) is 1.75. The van der Waals surface area contributed by atoms with E-state index in [0.29, 0.717) is 0 Å². The number of rotatable bonds is 3. The van der Waals surface area contributed by atoms with Crippen LogP contribution in [0.5, 0.6) is 0 Å². The van der Waals surface area contributed by atoms with Crippen molar-refractivity contribution in [1.82, 2.24) is 4.98 Å². The molecule has 2 N–H and O–H groups in total. The van der Waals surface area contributed by atoms with Crippen LogP contribution in [-0.4, -0.2) is 11.0 Å². The zero-order valence-corrected chi connectivity index (χ0v) is 6.83. The van der Waals surface area contributed by atoms with Crippen LogP contribution in [0, 0.1) is 0 Å². The second-order valence-electron chi connectivity index (χ2n) is 2.73. The Labute approximate surface area is 67.5 Å². The fourth-order valence-electron chi connectivity index (χ4n) is 0.966. The third-order valence-corrected chi connectivity index (χ3v) is 1.75. The molecule has 1 aromatic heterocycles. The summed E-state index contributed by atoms with van der Waals surface area (Å²) >= 11 is 0. The standard InChI is InChI=1S/C9H14N2/c1-2-9(10)6-8-4-3-5-11-7-8/h3-5,7,9H,2,6,10H2,1H3/t9-/m0/s1. The maximum atomic E-state index is 5.78. The molecule has 0 aliphatic rings. The first-order chi connectivity index (χ1) is 5.33. The van der Waals surface area contributed by atoms with Gasteiger partial charge in [-0.05, 0) is 24.5 Å². The van der Waals surface area contributed by atoms with Crippen LogP contribution in [0.1, 0.15) is 18.9 Å². The summed E-state index contributed by atoms with van der Waals surface area (Å²) in [6, 6.07) is 4.28. The second-order valence-corrected chi connectivity index (χ2v) is 2.73. The second kappa shape index (κ2) is 4.09. The van der Waals surface area contributed by atoms with Gasteiger partial charge in [-0.2, -0.15) is 0 Å². The van der Waals surface area contributed by atoms with E-state index < -0.39 is 0 Å². The molecule has 0 unspecified atom stereocenters. The SMILES string of the molecule is CC[C@H](N)Cc1cccnc1. The van der Waals surface area contributed by atoms with Gasteiger partial charge >= 0.3 is 0 Å². The van der Waals surface area contributed by atoms with Crippen molar-refractivity contribution in [2.45, 2.75) is 25.8 Å². The summed E-state index contributed by atoms with van der Waals surface area (Å²) in [5.74, 6) is 0. The number of aromatic nitrogens is 1. The summed E-state index contributed by atoms with van der Waals surface area (Å²) in [5, 5.41) is 0. The molecular formula is C9H14N2. The van der Waals surface area contributed by atoms with Gasteiger partial charge in [0, 0.05) is 18.4 Å². The Hall–Kier alpha value is -0.890. The first-order valence-corrected chi connectivity index (χ1v) is 3.97. The van der Waals surface area contributed by atoms with Crippen LogP contribution in [0.25, 0.3) is 0 Å². The van der Waals surface area contributed by atoms with Crippen molar-refractivity contribution in [3.05, 3.63) is 30.1 Å². The van der Waals surface area contributed by atoms with Crippen LogP contribution in [0.3, 0.4) is 0 Å². The van der Waals surface area contributed by atoms with Crippen LogP contribution in [0.2, 0.25) is 0 Å². The van der Waals surface area contributed by atoms with Gasteiger partial charge in [0.05, 0.1) is 0 Å². The normalized spacial score (nSPS) is 12.9. The smallest absolute Gasteiger partial charge is 0.0300 e. The molecule has 0 saturated carbocycles. The van der Waals surface area contributed by atoms with Crippen molar-refractivity contribution in [3.8, 4) is 0 Å². The van der Waals surface area contributed by atoms with Gasteiger partial charge in [-0.25, -0.2) is 0 Å². The maximum absolute atomic E-state index is 5.78. The van der Waals surface area contributed by atoms with Crippen molar-refractivity contribution >= 4 is 0 Å². The lowest BCUT2D eigenvalue weighted by molar-refractivity contribution is 0.645. The van der Waals surface area contributed by atoms with E-state index in [9.17, 15) is 0 Å². The lowest BCUT2D eigenvalue weighted by Gasteiger charge is -2.06. The minimum absolute atomic E-state index is 0.277. The van der Waals surface area contributed by atoms with E-state index in [1.165, 1.54) is 5.56 Å². The Bertz CT molecular complexity index is 196. The summed E-state index contributed by atoms with van der Waals surface area (Å²) < 4.78 is 0. The Kier molecular flexibility index (Phi) is 3.05. The Morgan fingerprint density at radius 3 is 3.00 bits per heavy atom. The molecule has 1 aromatic rings. The molecule has 0 aliphatic heterocycles. The fourth-order valence-corrected chi connectivity index (χ4v) is 0.966. The molecule has 2 heteroatoms. The van der Waals surface area contributed by atoms with Gasteiger partial charge in [-0.15, -0.1) is 0 Å². The summed E-state index contributed by atoms with van der Waals surface area (Å²) in [4.78, 5) is 4.02. The molecule has 60 valence electrons. The lowest BCUT2D eigenvalue weighted by atomic mass is 10.1. The molecule has 0 bridgehead atoms. The molecule has 2 nitrogen and oxygen atoms in total. The molecule has 0 spiro atoms. The molecule has 0 aromatic carbocycles. The quantitative estimate of drug-likeness (QED) is 0.706. The van der Waals surface area contributed by atoms with Crippen LogP contribution < -0.4 is 5.73 Å². The predicted molar refractivity (Wildman–Crippen MR) is 46.2 cm³/mol. The van der Waals surface area contributed by atoms with Crippen LogP contribution in [-0.2, 0) is 6.42 Å². The largest absolute Gasteiger partial charge is 0.327 e. The highest BCUT2D eigenvalue weighted by molar-refractivity contribution is 5.09. The van der Waals surface area contributed by atoms with E-state index in [1.54, 1.807) is 6.20 Å². The molecule has 0 fully saturated rings. The van der Waals surface area contributed by atoms with E-state index in [4.69, 9.17) is 5.73 Å². The summed E-state index contributed by atoms with van der Waals surface area (Å²) in [5.41, 5.74) is 7.00. The van der Waals surface area contributed by atoms with Crippen LogP contribution in [0.4, 0.5) is 0 Å². The van der Waals surface area contributed by atoms with Gasteiger partial charge in [0.15, 0.2) is 0 Å².